The molecule has 1 aliphatic rings. The van der Waals surface area contributed by atoms with Gasteiger partial charge in [-0.2, -0.15) is 0 Å². The van der Waals surface area contributed by atoms with Gasteiger partial charge in [0.05, 0.1) is 12.5 Å². The molecule has 252 valence electrons. The number of aliphatic carboxylic acids is 1. The van der Waals surface area contributed by atoms with Crippen molar-refractivity contribution in [3.05, 3.63) is 135 Å². The van der Waals surface area contributed by atoms with Crippen LogP contribution in [0.2, 0.25) is 0 Å². The van der Waals surface area contributed by atoms with Crippen molar-refractivity contribution in [2.24, 2.45) is 5.92 Å². The van der Waals surface area contributed by atoms with E-state index in [0.29, 0.717) is 24.7 Å². The van der Waals surface area contributed by atoms with Crippen LogP contribution in [0.4, 0.5) is 0 Å². The molecule has 7 nitrogen and oxygen atoms in total. The third kappa shape index (κ3) is 10.6. The predicted molar refractivity (Wildman–Crippen MR) is 195 cm³/mol. The third-order valence-electron chi connectivity index (χ3n) is 8.30. The lowest BCUT2D eigenvalue weighted by Gasteiger charge is -2.30. The monoisotopic (exact) mass is 721 g/mol. The molecule has 1 heterocycles. The summed E-state index contributed by atoms with van der Waals surface area (Å²) in [6.45, 7) is 6.75. The average molecular weight is 723 g/mol. The Bertz CT molecular complexity index is 1810. The first-order valence-electron chi connectivity index (χ1n) is 16.4. The molecule has 49 heavy (non-hydrogen) atoms. The van der Waals surface area contributed by atoms with Crippen LogP contribution >= 0.6 is 15.9 Å². The zero-order chi connectivity index (χ0) is 34.6. The van der Waals surface area contributed by atoms with Gasteiger partial charge in [0, 0.05) is 22.1 Å². The number of rotatable bonds is 12. The molecule has 1 N–H and O–H groups in total. The molecule has 1 aliphatic heterocycles. The molecule has 0 bridgehead atoms. The number of piperidine rings is 1. The molecule has 0 radical (unpaired) electrons. The number of aryl methyl sites for hydroxylation is 1. The van der Waals surface area contributed by atoms with E-state index in [1.54, 1.807) is 12.1 Å². The molecule has 0 atom stereocenters. The first-order valence-corrected chi connectivity index (χ1v) is 17.2. The topological polar surface area (TPSA) is 85.3 Å². The molecule has 0 saturated carbocycles. The molecule has 8 heteroatoms. The minimum Gasteiger partial charge on any atom is -0.489 e. The molecule has 5 rings (SSSR count). The second-order valence-corrected chi connectivity index (χ2v) is 12.8. The summed E-state index contributed by atoms with van der Waals surface area (Å²) < 4.78 is 17.6. The van der Waals surface area contributed by atoms with Crippen molar-refractivity contribution in [1.29, 1.82) is 0 Å². The van der Waals surface area contributed by atoms with Gasteiger partial charge in [-0.15, -0.1) is 0 Å². The van der Waals surface area contributed by atoms with Crippen molar-refractivity contribution < 1.29 is 28.9 Å². The fraction of sp³-hybridized carbons (Fsp3) is 0.268. The zero-order valence-electron chi connectivity index (χ0n) is 27.8. The molecule has 1 fully saturated rings. The van der Waals surface area contributed by atoms with Crippen molar-refractivity contribution in [3.8, 4) is 23.3 Å². The SMILES string of the molecule is CCOC(=O)C1CCN(Cc2ccc(C#Cc3ccc(C(=CCOc4ccc(OCC(=O)O)c(C)c4)c4ccc(Br)cc4)cc3)cc2)CC1. The molecule has 0 spiro atoms. The lowest BCUT2D eigenvalue weighted by molar-refractivity contribution is -0.149. The van der Waals surface area contributed by atoms with Gasteiger partial charge in [-0.1, -0.05) is 64.2 Å². The van der Waals surface area contributed by atoms with Crippen molar-refractivity contribution in [2.75, 3.05) is 32.9 Å². The number of nitrogens with zero attached hydrogens (tertiary/aromatic N) is 1. The number of carboxylic acids is 1. The minimum atomic E-state index is -1.02. The van der Waals surface area contributed by atoms with Gasteiger partial charge in [-0.05, 0) is 128 Å². The Morgan fingerprint density at radius 1 is 0.878 bits per heavy atom. The summed E-state index contributed by atoms with van der Waals surface area (Å²) in [5.41, 5.74) is 7.04. The summed E-state index contributed by atoms with van der Waals surface area (Å²) in [6, 6.07) is 30.1. The highest BCUT2D eigenvalue weighted by atomic mass is 79.9. The van der Waals surface area contributed by atoms with Gasteiger partial charge in [0.1, 0.15) is 18.1 Å². The van der Waals surface area contributed by atoms with Crippen LogP contribution in [-0.2, 0) is 20.9 Å². The van der Waals surface area contributed by atoms with E-state index in [0.717, 1.165) is 70.3 Å². The maximum Gasteiger partial charge on any atom is 0.341 e. The Balaban J connectivity index is 1.21. The summed E-state index contributed by atoms with van der Waals surface area (Å²) in [6.07, 6.45) is 3.75. The van der Waals surface area contributed by atoms with Crippen LogP contribution in [0.1, 0.15) is 53.1 Å². The summed E-state index contributed by atoms with van der Waals surface area (Å²) >= 11 is 3.53. The van der Waals surface area contributed by atoms with Crippen molar-refractivity contribution in [3.63, 3.8) is 0 Å². The van der Waals surface area contributed by atoms with Crippen LogP contribution in [0.5, 0.6) is 11.5 Å². The summed E-state index contributed by atoms with van der Waals surface area (Å²) in [5.74, 6) is 6.71. The van der Waals surface area contributed by atoms with Gasteiger partial charge >= 0.3 is 11.9 Å². The quantitative estimate of drug-likeness (QED) is 0.118. The van der Waals surface area contributed by atoms with Crippen LogP contribution in [0.3, 0.4) is 0 Å². The molecule has 1 saturated heterocycles. The van der Waals surface area contributed by atoms with Crippen LogP contribution in [0, 0.1) is 24.7 Å². The van der Waals surface area contributed by atoms with E-state index in [2.05, 4.69) is 87.3 Å². The lowest BCUT2D eigenvalue weighted by Crippen LogP contribution is -2.36. The number of carbonyl (C=O) groups is 2. The van der Waals surface area contributed by atoms with Crippen LogP contribution in [0.25, 0.3) is 5.57 Å². The smallest absolute Gasteiger partial charge is 0.341 e. The van der Waals surface area contributed by atoms with Crippen molar-refractivity contribution >= 4 is 33.4 Å². The Morgan fingerprint density at radius 3 is 2.08 bits per heavy atom. The van der Waals surface area contributed by atoms with E-state index in [1.807, 2.05) is 44.2 Å². The van der Waals surface area contributed by atoms with Crippen LogP contribution in [0.15, 0.2) is 102 Å². The van der Waals surface area contributed by atoms with E-state index in [-0.39, 0.29) is 18.5 Å². The first kappa shape index (κ1) is 35.5. The first-order chi connectivity index (χ1) is 23.8. The summed E-state index contributed by atoms with van der Waals surface area (Å²) in [7, 11) is 0. The standard InChI is InChI=1S/C41H40BrNO6/c1-3-47-41(46)35-20-23-43(24-21-35)27-32-8-6-30(7-9-32)4-5-31-10-12-33(13-11-31)38(34-14-16-36(42)17-15-34)22-25-48-37-18-19-39(29(2)26-37)49-28-40(44)45/h6-19,22,26,35H,3,20-21,23-25,27-28H2,1-2H3,(H,44,45). The number of benzene rings is 4. The van der Waals surface area contributed by atoms with Gasteiger partial charge in [-0.3, -0.25) is 9.69 Å². The second-order valence-electron chi connectivity index (χ2n) is 11.9. The van der Waals surface area contributed by atoms with Gasteiger partial charge in [0.2, 0.25) is 0 Å². The lowest BCUT2D eigenvalue weighted by atomic mass is 9.96. The summed E-state index contributed by atoms with van der Waals surface area (Å²) in [5, 5.41) is 8.88. The van der Waals surface area contributed by atoms with E-state index < -0.39 is 5.97 Å². The van der Waals surface area contributed by atoms with Crippen molar-refractivity contribution in [1.82, 2.24) is 4.90 Å². The molecule has 0 amide bonds. The fourth-order valence-corrected chi connectivity index (χ4v) is 5.95. The van der Waals surface area contributed by atoms with Gasteiger partial charge in [-0.25, -0.2) is 4.79 Å². The molecule has 0 aromatic heterocycles. The maximum atomic E-state index is 12.0. The fourth-order valence-electron chi connectivity index (χ4n) is 5.68. The predicted octanol–water partition coefficient (Wildman–Crippen LogP) is 7.91. The zero-order valence-corrected chi connectivity index (χ0v) is 29.4. The molecule has 4 aromatic rings. The van der Waals surface area contributed by atoms with E-state index >= 15 is 0 Å². The molecular formula is C41H40BrNO6. The number of esters is 1. The number of carbonyl (C=O) groups excluding carboxylic acids is 1. The largest absolute Gasteiger partial charge is 0.489 e. The van der Waals surface area contributed by atoms with Crippen LogP contribution < -0.4 is 9.47 Å². The number of hydrogen-bond donors (Lipinski definition) is 1. The number of halogens is 1. The summed E-state index contributed by atoms with van der Waals surface area (Å²) in [4.78, 5) is 25.3. The van der Waals surface area contributed by atoms with Gasteiger partial charge in [0.25, 0.3) is 0 Å². The highest BCUT2D eigenvalue weighted by Gasteiger charge is 2.25. The van der Waals surface area contributed by atoms with E-state index in [1.165, 1.54) is 5.56 Å². The number of hydrogen-bond acceptors (Lipinski definition) is 6. The Labute approximate surface area is 296 Å². The number of likely N-dealkylation sites (tertiary alicyclic amines) is 1. The average Bonchev–Trinajstić information content (AvgIpc) is 3.11. The Kier molecular flexibility index (Phi) is 12.7. The van der Waals surface area contributed by atoms with E-state index in [4.69, 9.17) is 19.3 Å². The Hall–Kier alpha value is -4.84. The van der Waals surface area contributed by atoms with Gasteiger partial charge in [0.15, 0.2) is 6.61 Å². The molecule has 0 aliphatic carbocycles. The molecular weight excluding hydrogens is 682 g/mol. The molecule has 4 aromatic carbocycles. The highest BCUT2D eigenvalue weighted by Crippen LogP contribution is 2.27. The molecule has 0 unspecified atom stereocenters. The van der Waals surface area contributed by atoms with Crippen molar-refractivity contribution in [2.45, 2.75) is 33.2 Å². The van der Waals surface area contributed by atoms with Gasteiger partial charge < -0.3 is 19.3 Å². The third-order valence-corrected chi connectivity index (χ3v) is 8.83. The highest BCUT2D eigenvalue weighted by molar-refractivity contribution is 9.10. The minimum absolute atomic E-state index is 0.0230. The maximum absolute atomic E-state index is 12.0. The number of carboxylic acid groups (broad SMARTS) is 1. The van der Waals surface area contributed by atoms with Crippen LogP contribution in [-0.4, -0.2) is 54.9 Å². The second kappa shape index (κ2) is 17.5. The Morgan fingerprint density at radius 2 is 1.49 bits per heavy atom. The normalized spacial score (nSPS) is 13.7. The van der Waals surface area contributed by atoms with E-state index in [9.17, 15) is 9.59 Å². The number of ether oxygens (including phenoxy) is 3.